The number of rotatable bonds is 2. The topological polar surface area (TPSA) is 76.7 Å². The maximum absolute atomic E-state index is 11.1. The number of H-pyrrole nitrogens is 1. The second kappa shape index (κ2) is 3.38. The highest BCUT2D eigenvalue weighted by Gasteiger charge is 2.16. The van der Waals surface area contributed by atoms with Gasteiger partial charge in [0.15, 0.2) is 5.82 Å². The van der Waals surface area contributed by atoms with Crippen LogP contribution < -0.4 is 5.56 Å². The van der Waals surface area contributed by atoms with Crippen molar-refractivity contribution in [1.82, 2.24) is 19.9 Å². The first kappa shape index (κ1) is 9.70. The molecule has 0 radical (unpaired) electrons. The molecule has 2 aromatic rings. The van der Waals surface area contributed by atoms with Gasteiger partial charge in [0.05, 0.1) is 0 Å². The first-order chi connectivity index (χ1) is 7.08. The zero-order valence-electron chi connectivity index (χ0n) is 8.81. The Bertz CT molecular complexity index is 522. The molecule has 2 heterocycles. The molecule has 0 saturated heterocycles. The van der Waals surface area contributed by atoms with Crippen LogP contribution in [0.1, 0.15) is 30.4 Å². The van der Waals surface area contributed by atoms with Crippen LogP contribution in [-0.2, 0) is 0 Å². The first-order valence-corrected chi connectivity index (χ1v) is 4.66. The molecule has 0 saturated carbocycles. The highest BCUT2D eigenvalue weighted by atomic mass is 16.5. The predicted octanol–water partition coefficient (Wildman–Crippen LogP) is 0.786. The van der Waals surface area contributed by atoms with Gasteiger partial charge in [0.2, 0.25) is 0 Å². The Morgan fingerprint density at radius 2 is 2.27 bits per heavy atom. The monoisotopic (exact) mass is 208 g/mol. The zero-order valence-corrected chi connectivity index (χ0v) is 8.81. The normalized spacial score (nSPS) is 13.0. The second-order valence-electron chi connectivity index (χ2n) is 3.49. The fraction of sp³-hybridized carbons (Fsp3) is 0.444. The molecule has 0 bridgehead atoms. The molecule has 0 aromatic carbocycles. The van der Waals surface area contributed by atoms with Crippen molar-refractivity contribution in [2.45, 2.75) is 26.8 Å². The van der Waals surface area contributed by atoms with Gasteiger partial charge in [-0.25, -0.2) is 0 Å². The number of nitrogens with zero attached hydrogens (tertiary/aromatic N) is 3. The van der Waals surface area contributed by atoms with E-state index in [1.54, 1.807) is 11.6 Å². The number of aryl methyl sites for hydroxylation is 2. The molecule has 6 nitrogen and oxygen atoms in total. The molecule has 1 unspecified atom stereocenters. The van der Waals surface area contributed by atoms with Crippen LogP contribution in [0.3, 0.4) is 0 Å². The van der Waals surface area contributed by atoms with Gasteiger partial charge in [-0.2, -0.15) is 4.98 Å². The molecule has 0 fully saturated rings. The van der Waals surface area contributed by atoms with E-state index < -0.39 is 0 Å². The molecule has 0 aliphatic rings. The molecule has 0 aliphatic carbocycles. The fourth-order valence-electron chi connectivity index (χ4n) is 1.49. The molecule has 0 aliphatic heterocycles. The predicted molar refractivity (Wildman–Crippen MR) is 52.6 cm³/mol. The van der Waals surface area contributed by atoms with Gasteiger partial charge < -0.3 is 4.52 Å². The average molecular weight is 208 g/mol. The third-order valence-corrected chi connectivity index (χ3v) is 2.24. The van der Waals surface area contributed by atoms with Gasteiger partial charge in [-0.05, 0) is 20.8 Å². The molecule has 15 heavy (non-hydrogen) atoms. The average Bonchev–Trinajstić information content (AvgIpc) is 2.71. The van der Waals surface area contributed by atoms with Crippen molar-refractivity contribution in [3.05, 3.63) is 33.8 Å². The number of nitrogens with one attached hydrogen (secondary N) is 1. The second-order valence-corrected chi connectivity index (χ2v) is 3.49. The van der Waals surface area contributed by atoms with Gasteiger partial charge in [-0.15, -0.1) is 0 Å². The maximum Gasteiger partial charge on any atom is 0.264 e. The number of aromatic amines is 1. The summed E-state index contributed by atoms with van der Waals surface area (Å²) in [5.74, 6) is 1.08. The van der Waals surface area contributed by atoms with Crippen molar-refractivity contribution in [3.63, 3.8) is 0 Å². The fourth-order valence-corrected chi connectivity index (χ4v) is 1.49. The summed E-state index contributed by atoms with van der Waals surface area (Å²) in [7, 11) is 0. The highest BCUT2D eigenvalue weighted by molar-refractivity contribution is 5.02. The third kappa shape index (κ3) is 1.70. The smallest absolute Gasteiger partial charge is 0.264 e. The number of hydrogen-bond donors (Lipinski definition) is 1. The summed E-state index contributed by atoms with van der Waals surface area (Å²) >= 11 is 0. The third-order valence-electron chi connectivity index (χ3n) is 2.24. The van der Waals surface area contributed by atoms with Gasteiger partial charge >= 0.3 is 0 Å². The lowest BCUT2D eigenvalue weighted by Crippen LogP contribution is -2.13. The highest BCUT2D eigenvalue weighted by Crippen LogP contribution is 2.15. The number of hydrogen-bond acceptors (Lipinski definition) is 4. The lowest BCUT2D eigenvalue weighted by molar-refractivity contribution is 0.331. The van der Waals surface area contributed by atoms with Crippen molar-refractivity contribution in [2.75, 3.05) is 0 Å². The van der Waals surface area contributed by atoms with Crippen molar-refractivity contribution in [1.29, 1.82) is 0 Å². The Morgan fingerprint density at radius 1 is 1.53 bits per heavy atom. The Labute approximate surface area is 85.9 Å². The van der Waals surface area contributed by atoms with E-state index in [9.17, 15) is 4.79 Å². The molecule has 0 amide bonds. The van der Waals surface area contributed by atoms with E-state index in [-0.39, 0.29) is 11.6 Å². The van der Waals surface area contributed by atoms with E-state index in [1.807, 2.05) is 13.8 Å². The SMILES string of the molecule is Cc1noc(C(C)n2[nH]c(=O)cc2C)n1. The van der Waals surface area contributed by atoms with E-state index in [0.29, 0.717) is 11.7 Å². The summed E-state index contributed by atoms with van der Waals surface area (Å²) in [6.07, 6.45) is 0. The van der Waals surface area contributed by atoms with E-state index in [0.717, 1.165) is 5.69 Å². The molecule has 1 N–H and O–H groups in total. The van der Waals surface area contributed by atoms with Crippen LogP contribution in [0.25, 0.3) is 0 Å². The van der Waals surface area contributed by atoms with Crippen LogP contribution in [0.2, 0.25) is 0 Å². The minimum Gasteiger partial charge on any atom is -0.337 e. The van der Waals surface area contributed by atoms with Crippen LogP contribution in [0, 0.1) is 13.8 Å². The van der Waals surface area contributed by atoms with E-state index >= 15 is 0 Å². The summed E-state index contributed by atoms with van der Waals surface area (Å²) < 4.78 is 6.74. The Morgan fingerprint density at radius 3 is 2.73 bits per heavy atom. The van der Waals surface area contributed by atoms with Crippen LogP contribution in [-0.4, -0.2) is 19.9 Å². The van der Waals surface area contributed by atoms with Gasteiger partial charge in [0, 0.05) is 11.8 Å². The minimum atomic E-state index is -0.158. The van der Waals surface area contributed by atoms with Crippen molar-refractivity contribution in [2.24, 2.45) is 0 Å². The van der Waals surface area contributed by atoms with Crippen LogP contribution in [0.4, 0.5) is 0 Å². The van der Waals surface area contributed by atoms with Crippen molar-refractivity contribution in [3.8, 4) is 0 Å². The van der Waals surface area contributed by atoms with Crippen LogP contribution in [0.15, 0.2) is 15.4 Å². The maximum atomic E-state index is 11.1. The van der Waals surface area contributed by atoms with E-state index in [1.165, 1.54) is 6.07 Å². The Kier molecular flexibility index (Phi) is 2.18. The molecule has 0 spiro atoms. The Balaban J connectivity index is 2.39. The quantitative estimate of drug-likeness (QED) is 0.791. The largest absolute Gasteiger partial charge is 0.337 e. The lowest BCUT2D eigenvalue weighted by atomic mass is 10.3. The van der Waals surface area contributed by atoms with Crippen LogP contribution in [0.5, 0.6) is 0 Å². The van der Waals surface area contributed by atoms with Gasteiger partial charge in [0.25, 0.3) is 11.4 Å². The molecular weight excluding hydrogens is 196 g/mol. The van der Waals surface area contributed by atoms with E-state index in [4.69, 9.17) is 4.52 Å². The minimum absolute atomic E-state index is 0.129. The van der Waals surface area contributed by atoms with E-state index in [2.05, 4.69) is 15.2 Å². The molecule has 1 atom stereocenters. The molecular formula is C9H12N4O2. The zero-order chi connectivity index (χ0) is 11.0. The summed E-state index contributed by atoms with van der Waals surface area (Å²) in [6, 6.07) is 1.37. The van der Waals surface area contributed by atoms with Gasteiger partial charge in [-0.1, -0.05) is 5.16 Å². The summed E-state index contributed by atoms with van der Waals surface area (Å²) in [4.78, 5) is 15.2. The van der Waals surface area contributed by atoms with Crippen molar-refractivity contribution < 1.29 is 4.52 Å². The molecule has 2 rings (SSSR count). The molecule has 2 aromatic heterocycles. The first-order valence-electron chi connectivity index (χ1n) is 4.66. The van der Waals surface area contributed by atoms with Gasteiger partial charge in [0.1, 0.15) is 6.04 Å². The standard InChI is InChI=1S/C9H12N4O2/c1-5-4-8(14)11-13(5)6(2)9-10-7(3)12-15-9/h4,6H,1-3H3,(H,11,14). The Hall–Kier alpha value is -1.85. The molecule has 80 valence electrons. The summed E-state index contributed by atoms with van der Waals surface area (Å²) in [6.45, 7) is 5.48. The van der Waals surface area contributed by atoms with Gasteiger partial charge in [-0.3, -0.25) is 14.6 Å². The van der Waals surface area contributed by atoms with Crippen molar-refractivity contribution >= 4 is 0 Å². The van der Waals surface area contributed by atoms with Crippen LogP contribution >= 0.6 is 0 Å². The summed E-state index contributed by atoms with van der Waals surface area (Å²) in [5.41, 5.74) is 0.707. The molecule has 6 heteroatoms. The lowest BCUT2D eigenvalue weighted by Gasteiger charge is -2.09. The summed E-state index contributed by atoms with van der Waals surface area (Å²) in [5, 5.41) is 6.39. The number of aromatic nitrogens is 4.